The zero-order chi connectivity index (χ0) is 33.4. The van der Waals surface area contributed by atoms with E-state index in [9.17, 15) is 22.4 Å². The van der Waals surface area contributed by atoms with E-state index in [1.807, 2.05) is 51.1 Å². The van der Waals surface area contributed by atoms with E-state index in [0.717, 1.165) is 15.4 Å². The summed E-state index contributed by atoms with van der Waals surface area (Å²) in [5.41, 5.74) is 2.21. The first-order valence-electron chi connectivity index (χ1n) is 14.8. The number of carbonyl (C=O) groups excluding carboxylic acids is 2. The van der Waals surface area contributed by atoms with Gasteiger partial charge in [0.05, 0.1) is 20.6 Å². The molecule has 0 fully saturated rings. The van der Waals surface area contributed by atoms with Gasteiger partial charge in [-0.25, -0.2) is 12.8 Å². The van der Waals surface area contributed by atoms with Crippen molar-refractivity contribution in [1.29, 1.82) is 0 Å². The molecule has 2 atom stereocenters. The van der Waals surface area contributed by atoms with E-state index in [1.54, 1.807) is 18.2 Å². The highest BCUT2D eigenvalue weighted by atomic mass is 35.5. The molecule has 0 saturated heterocycles. The molecule has 4 aromatic rings. The Labute approximate surface area is 280 Å². The van der Waals surface area contributed by atoms with Crippen LogP contribution in [-0.2, 0) is 32.6 Å². The van der Waals surface area contributed by atoms with Gasteiger partial charge in [-0.2, -0.15) is 0 Å². The van der Waals surface area contributed by atoms with Crippen LogP contribution in [0.15, 0.2) is 102 Å². The first-order valence-corrected chi connectivity index (χ1v) is 17.0. The van der Waals surface area contributed by atoms with Crippen LogP contribution in [0.1, 0.15) is 37.0 Å². The second kappa shape index (κ2) is 15.6. The maximum atomic E-state index is 14.5. The third kappa shape index (κ3) is 8.66. The molecular weight excluding hydrogens is 648 g/mol. The molecule has 11 heteroatoms. The number of hydrogen-bond acceptors (Lipinski definition) is 4. The summed E-state index contributed by atoms with van der Waals surface area (Å²) in [4.78, 5) is 29.7. The summed E-state index contributed by atoms with van der Waals surface area (Å²) in [6, 6.07) is 24.3. The summed E-state index contributed by atoms with van der Waals surface area (Å²) in [7, 11) is -4.35. The Kier molecular flexibility index (Phi) is 11.8. The van der Waals surface area contributed by atoms with Crippen molar-refractivity contribution in [2.45, 2.75) is 57.1 Å². The molecule has 0 heterocycles. The van der Waals surface area contributed by atoms with Crippen molar-refractivity contribution in [2.24, 2.45) is 0 Å². The van der Waals surface area contributed by atoms with Gasteiger partial charge in [-0.3, -0.25) is 13.9 Å². The molecule has 0 radical (unpaired) electrons. The van der Waals surface area contributed by atoms with Gasteiger partial charge in [-0.1, -0.05) is 96.4 Å². The quantitative estimate of drug-likeness (QED) is 0.162. The second-order valence-electron chi connectivity index (χ2n) is 11.1. The van der Waals surface area contributed by atoms with Crippen LogP contribution < -0.4 is 9.62 Å². The predicted octanol–water partition coefficient (Wildman–Crippen LogP) is 7.19. The van der Waals surface area contributed by atoms with Crippen LogP contribution in [0.4, 0.5) is 10.1 Å². The average Bonchev–Trinajstić information content (AvgIpc) is 3.04. The van der Waals surface area contributed by atoms with Crippen LogP contribution in [0.2, 0.25) is 10.0 Å². The van der Waals surface area contributed by atoms with Gasteiger partial charge in [0.2, 0.25) is 11.8 Å². The molecule has 0 bridgehead atoms. The van der Waals surface area contributed by atoms with Crippen LogP contribution in [0.5, 0.6) is 0 Å². The number of halogens is 3. The molecule has 7 nitrogen and oxygen atoms in total. The number of amides is 2. The van der Waals surface area contributed by atoms with Crippen LogP contribution in [0, 0.1) is 12.7 Å². The maximum absolute atomic E-state index is 14.5. The van der Waals surface area contributed by atoms with E-state index in [1.165, 1.54) is 53.4 Å². The number of nitrogens with zero attached hydrogens (tertiary/aromatic N) is 2. The summed E-state index contributed by atoms with van der Waals surface area (Å²) in [6.45, 7) is 4.84. The molecule has 242 valence electrons. The van der Waals surface area contributed by atoms with Gasteiger partial charge in [0.1, 0.15) is 18.4 Å². The number of aryl methyl sites for hydroxylation is 1. The van der Waals surface area contributed by atoms with Gasteiger partial charge >= 0.3 is 0 Å². The highest BCUT2D eigenvalue weighted by Crippen LogP contribution is 2.35. The Morgan fingerprint density at radius 3 is 2.15 bits per heavy atom. The van der Waals surface area contributed by atoms with Gasteiger partial charge in [0.25, 0.3) is 10.0 Å². The summed E-state index contributed by atoms with van der Waals surface area (Å²) in [5, 5.41) is 3.04. The normalized spacial score (nSPS) is 12.7. The van der Waals surface area contributed by atoms with Gasteiger partial charge in [-0.05, 0) is 67.8 Å². The number of hydrogen-bond donors (Lipinski definition) is 1. The van der Waals surface area contributed by atoms with Crippen molar-refractivity contribution < 1.29 is 22.4 Å². The summed E-state index contributed by atoms with van der Waals surface area (Å²) in [6.07, 6.45) is 0.810. The summed E-state index contributed by atoms with van der Waals surface area (Å²) >= 11 is 12.9. The smallest absolute Gasteiger partial charge is 0.264 e. The molecule has 4 aromatic carbocycles. The van der Waals surface area contributed by atoms with Crippen molar-refractivity contribution in [2.75, 3.05) is 10.8 Å². The fraction of sp³-hybridized carbons (Fsp3) is 0.257. The van der Waals surface area contributed by atoms with Gasteiger partial charge < -0.3 is 10.2 Å². The first kappa shape index (κ1) is 34.9. The first-order chi connectivity index (χ1) is 21.9. The number of rotatable bonds is 13. The molecule has 0 aliphatic carbocycles. The number of benzene rings is 4. The number of carbonyl (C=O) groups is 2. The Bertz CT molecular complexity index is 1760. The monoisotopic (exact) mass is 683 g/mol. The van der Waals surface area contributed by atoms with Crippen LogP contribution in [0.25, 0.3) is 0 Å². The Morgan fingerprint density at radius 1 is 0.870 bits per heavy atom. The number of nitrogens with one attached hydrogen (secondary N) is 1. The Hall–Kier alpha value is -3.92. The fourth-order valence-corrected chi connectivity index (χ4v) is 6.69. The molecule has 0 unspecified atom stereocenters. The van der Waals surface area contributed by atoms with Crippen molar-refractivity contribution in [3.63, 3.8) is 0 Å². The maximum Gasteiger partial charge on any atom is 0.264 e. The van der Waals surface area contributed by atoms with Crippen molar-refractivity contribution in [3.8, 4) is 0 Å². The second-order valence-corrected chi connectivity index (χ2v) is 13.7. The predicted molar refractivity (Wildman–Crippen MR) is 181 cm³/mol. The minimum Gasteiger partial charge on any atom is -0.352 e. The topological polar surface area (TPSA) is 86.8 Å². The average molecular weight is 685 g/mol. The third-order valence-corrected chi connectivity index (χ3v) is 10.2. The van der Waals surface area contributed by atoms with E-state index < -0.39 is 40.2 Å². The van der Waals surface area contributed by atoms with Crippen LogP contribution in [-0.4, -0.2) is 43.8 Å². The van der Waals surface area contributed by atoms with Crippen molar-refractivity contribution in [3.05, 3.63) is 130 Å². The number of sulfonamides is 1. The molecule has 0 aliphatic heterocycles. The van der Waals surface area contributed by atoms with Crippen LogP contribution in [0.3, 0.4) is 0 Å². The van der Waals surface area contributed by atoms with Gasteiger partial charge in [-0.15, -0.1) is 0 Å². The molecule has 0 aromatic heterocycles. The fourth-order valence-electron chi connectivity index (χ4n) is 4.82. The summed E-state index contributed by atoms with van der Waals surface area (Å²) in [5.74, 6) is -1.53. The Balaban J connectivity index is 1.83. The molecule has 0 aliphatic rings. The van der Waals surface area contributed by atoms with E-state index in [-0.39, 0.29) is 39.6 Å². The number of anilines is 1. The van der Waals surface area contributed by atoms with Crippen molar-refractivity contribution in [1.82, 2.24) is 10.2 Å². The van der Waals surface area contributed by atoms with E-state index in [4.69, 9.17) is 23.2 Å². The highest BCUT2D eigenvalue weighted by molar-refractivity contribution is 7.92. The zero-order valence-corrected chi connectivity index (χ0v) is 28.1. The molecule has 4 rings (SSSR count). The largest absolute Gasteiger partial charge is 0.352 e. The minimum atomic E-state index is -4.35. The van der Waals surface area contributed by atoms with Crippen molar-refractivity contribution >= 4 is 50.7 Å². The highest BCUT2D eigenvalue weighted by Gasteiger charge is 2.35. The standard InChI is InChI=1S/C35H36Cl2FN3O4S/c1-4-25(3)39-35(43)32(21-26-9-6-5-7-10-26)40(22-27-15-17-28(38)18-16-27)33(42)23-41(31-12-8-11-30(36)34(31)37)46(44,45)29-19-13-24(2)14-20-29/h5-20,25,32H,4,21-23H2,1-3H3,(H,39,43)/t25-,32-/m0/s1. The van der Waals surface area contributed by atoms with E-state index in [0.29, 0.717) is 12.0 Å². The lowest BCUT2D eigenvalue weighted by Crippen LogP contribution is -2.54. The lowest BCUT2D eigenvalue weighted by Gasteiger charge is -2.34. The minimum absolute atomic E-state index is 0.00786. The van der Waals surface area contributed by atoms with Gasteiger partial charge in [0, 0.05) is 19.0 Å². The molecule has 46 heavy (non-hydrogen) atoms. The third-order valence-electron chi connectivity index (χ3n) is 7.63. The SMILES string of the molecule is CC[C@H](C)NC(=O)[C@H](Cc1ccccc1)N(Cc1ccc(F)cc1)C(=O)CN(c1cccc(Cl)c1Cl)S(=O)(=O)c1ccc(C)cc1. The molecular formula is C35H36Cl2FN3O4S. The van der Waals surface area contributed by atoms with Crippen LogP contribution >= 0.6 is 23.2 Å². The lowest BCUT2D eigenvalue weighted by molar-refractivity contribution is -0.140. The van der Waals surface area contributed by atoms with E-state index in [2.05, 4.69) is 5.32 Å². The molecule has 0 spiro atoms. The Morgan fingerprint density at radius 2 is 1.52 bits per heavy atom. The summed E-state index contributed by atoms with van der Waals surface area (Å²) < 4.78 is 43.1. The molecule has 1 N–H and O–H groups in total. The molecule has 0 saturated carbocycles. The molecule has 2 amide bonds. The zero-order valence-electron chi connectivity index (χ0n) is 25.8. The van der Waals surface area contributed by atoms with Gasteiger partial charge in [0.15, 0.2) is 0 Å². The van der Waals surface area contributed by atoms with E-state index >= 15 is 0 Å². The lowest BCUT2D eigenvalue weighted by atomic mass is 10.0.